The van der Waals surface area contributed by atoms with Gasteiger partial charge in [-0.25, -0.2) is 4.98 Å². The molecule has 0 unspecified atom stereocenters. The SMILES string of the molecule is Cc1cnc(-c2ncc(Br)cc2Br)s1. The van der Waals surface area contributed by atoms with Crippen LogP contribution in [0.3, 0.4) is 0 Å². The van der Waals surface area contributed by atoms with Crippen molar-refractivity contribution >= 4 is 43.2 Å². The summed E-state index contributed by atoms with van der Waals surface area (Å²) in [5, 5.41) is 0.946. The van der Waals surface area contributed by atoms with Crippen molar-refractivity contribution in [3.05, 3.63) is 32.3 Å². The second kappa shape index (κ2) is 4.08. The predicted octanol–water partition coefficient (Wildman–Crippen LogP) is 4.04. The van der Waals surface area contributed by atoms with E-state index < -0.39 is 0 Å². The molecule has 0 aliphatic carbocycles. The Hall–Kier alpha value is -0.260. The standard InChI is InChI=1S/C9H6Br2N2S/c1-5-3-13-9(14-5)8-7(11)2-6(10)4-12-8/h2-4H,1H3. The molecular formula is C9H6Br2N2S. The number of rotatable bonds is 1. The van der Waals surface area contributed by atoms with Gasteiger partial charge in [0.15, 0.2) is 0 Å². The highest BCUT2D eigenvalue weighted by Crippen LogP contribution is 2.30. The minimum Gasteiger partial charge on any atom is -0.251 e. The summed E-state index contributed by atoms with van der Waals surface area (Å²) in [5.74, 6) is 0. The summed E-state index contributed by atoms with van der Waals surface area (Å²) in [6.45, 7) is 2.04. The molecule has 2 nitrogen and oxygen atoms in total. The van der Waals surface area contributed by atoms with E-state index in [1.165, 1.54) is 4.88 Å². The fraction of sp³-hybridized carbons (Fsp3) is 0.111. The molecule has 0 radical (unpaired) electrons. The molecule has 14 heavy (non-hydrogen) atoms. The average Bonchev–Trinajstić information content (AvgIpc) is 2.51. The molecule has 0 fully saturated rings. The largest absolute Gasteiger partial charge is 0.251 e. The van der Waals surface area contributed by atoms with Crippen LogP contribution >= 0.6 is 43.2 Å². The molecule has 0 bridgehead atoms. The third kappa shape index (κ3) is 2.04. The Balaban J connectivity index is 2.52. The van der Waals surface area contributed by atoms with Crippen molar-refractivity contribution in [1.29, 1.82) is 0 Å². The second-order valence-corrected chi connectivity index (χ2v) is 5.76. The lowest BCUT2D eigenvalue weighted by Gasteiger charge is -1.99. The van der Waals surface area contributed by atoms with Crippen LogP contribution in [0.1, 0.15) is 4.88 Å². The molecule has 0 spiro atoms. The zero-order valence-electron chi connectivity index (χ0n) is 7.29. The highest BCUT2D eigenvalue weighted by molar-refractivity contribution is 9.11. The summed E-state index contributed by atoms with van der Waals surface area (Å²) in [6, 6.07) is 1.97. The zero-order chi connectivity index (χ0) is 10.1. The maximum atomic E-state index is 4.32. The molecule has 0 aliphatic heterocycles. The van der Waals surface area contributed by atoms with E-state index in [1.807, 2.05) is 19.2 Å². The smallest absolute Gasteiger partial charge is 0.143 e. The molecule has 0 N–H and O–H groups in total. The average molecular weight is 334 g/mol. The fourth-order valence-corrected chi connectivity index (χ4v) is 3.12. The first-order valence-electron chi connectivity index (χ1n) is 3.90. The topological polar surface area (TPSA) is 25.8 Å². The van der Waals surface area contributed by atoms with Gasteiger partial charge in [0.25, 0.3) is 0 Å². The number of pyridine rings is 1. The lowest BCUT2D eigenvalue weighted by Crippen LogP contribution is -1.83. The maximum absolute atomic E-state index is 4.32. The summed E-state index contributed by atoms with van der Waals surface area (Å²) in [5.41, 5.74) is 0.895. The highest BCUT2D eigenvalue weighted by Gasteiger charge is 2.08. The minimum absolute atomic E-state index is 0.895. The van der Waals surface area contributed by atoms with Crippen LogP contribution in [0.4, 0.5) is 0 Å². The van der Waals surface area contributed by atoms with E-state index in [1.54, 1.807) is 17.5 Å². The number of thiazole rings is 1. The van der Waals surface area contributed by atoms with Crippen molar-refractivity contribution in [1.82, 2.24) is 9.97 Å². The van der Waals surface area contributed by atoms with Crippen LogP contribution in [0.15, 0.2) is 27.4 Å². The first-order valence-corrected chi connectivity index (χ1v) is 6.31. The molecule has 2 heterocycles. The van der Waals surface area contributed by atoms with E-state index >= 15 is 0 Å². The number of halogens is 2. The van der Waals surface area contributed by atoms with Crippen LogP contribution in [0.25, 0.3) is 10.7 Å². The fourth-order valence-electron chi connectivity index (χ4n) is 1.04. The molecule has 0 saturated carbocycles. The van der Waals surface area contributed by atoms with Crippen LogP contribution < -0.4 is 0 Å². The molecule has 2 aromatic rings. The molecule has 5 heteroatoms. The van der Waals surface area contributed by atoms with Gasteiger partial charge in [0.1, 0.15) is 10.7 Å². The number of nitrogens with zero attached hydrogens (tertiary/aromatic N) is 2. The van der Waals surface area contributed by atoms with Gasteiger partial charge in [-0.2, -0.15) is 0 Å². The van der Waals surface area contributed by atoms with Gasteiger partial charge in [-0.3, -0.25) is 4.98 Å². The maximum Gasteiger partial charge on any atom is 0.143 e. The van der Waals surface area contributed by atoms with Crippen molar-refractivity contribution < 1.29 is 0 Å². The van der Waals surface area contributed by atoms with Crippen molar-refractivity contribution in [2.24, 2.45) is 0 Å². The molecule has 0 amide bonds. The van der Waals surface area contributed by atoms with E-state index in [0.717, 1.165) is 19.6 Å². The summed E-state index contributed by atoms with van der Waals surface area (Å²) in [4.78, 5) is 9.79. The Morgan fingerprint density at radius 3 is 2.57 bits per heavy atom. The monoisotopic (exact) mass is 332 g/mol. The van der Waals surface area contributed by atoms with Gasteiger partial charge in [0.05, 0.1) is 0 Å². The summed E-state index contributed by atoms with van der Waals surface area (Å²) >= 11 is 8.47. The molecule has 2 aromatic heterocycles. The molecule has 0 atom stereocenters. The summed E-state index contributed by atoms with van der Waals surface area (Å²) < 4.78 is 1.92. The number of aromatic nitrogens is 2. The number of hydrogen-bond acceptors (Lipinski definition) is 3. The van der Waals surface area contributed by atoms with Crippen molar-refractivity contribution in [2.75, 3.05) is 0 Å². The second-order valence-electron chi connectivity index (χ2n) is 2.76. The van der Waals surface area contributed by atoms with Crippen molar-refractivity contribution in [2.45, 2.75) is 6.92 Å². The third-order valence-corrected chi connectivity index (χ3v) is 3.59. The zero-order valence-corrected chi connectivity index (χ0v) is 11.3. The molecule has 72 valence electrons. The predicted molar refractivity (Wildman–Crippen MR) is 65.5 cm³/mol. The highest BCUT2D eigenvalue weighted by atomic mass is 79.9. The number of hydrogen-bond donors (Lipinski definition) is 0. The molecule has 0 aromatic carbocycles. The Morgan fingerprint density at radius 1 is 1.21 bits per heavy atom. The Labute approximate surface area is 103 Å². The van der Waals surface area contributed by atoms with Gasteiger partial charge in [0.2, 0.25) is 0 Å². The van der Waals surface area contributed by atoms with Crippen LogP contribution in [-0.4, -0.2) is 9.97 Å². The van der Waals surface area contributed by atoms with Gasteiger partial charge >= 0.3 is 0 Å². The van der Waals surface area contributed by atoms with E-state index in [9.17, 15) is 0 Å². The lowest BCUT2D eigenvalue weighted by molar-refractivity contribution is 1.26. The lowest BCUT2D eigenvalue weighted by atomic mass is 10.4. The van der Waals surface area contributed by atoms with Crippen LogP contribution in [0, 0.1) is 6.92 Å². The van der Waals surface area contributed by atoms with Crippen LogP contribution in [-0.2, 0) is 0 Å². The Morgan fingerprint density at radius 2 is 2.00 bits per heavy atom. The first kappa shape index (κ1) is 10.3. The van der Waals surface area contributed by atoms with Crippen LogP contribution in [0.2, 0.25) is 0 Å². The Kier molecular flexibility index (Phi) is 2.99. The normalized spacial score (nSPS) is 10.5. The number of aryl methyl sites for hydroxylation is 1. The van der Waals surface area contributed by atoms with Gasteiger partial charge in [0, 0.05) is 26.2 Å². The van der Waals surface area contributed by atoms with Gasteiger partial charge < -0.3 is 0 Å². The van der Waals surface area contributed by atoms with Crippen molar-refractivity contribution in [3.63, 3.8) is 0 Å². The quantitative estimate of drug-likeness (QED) is 0.787. The first-order chi connectivity index (χ1) is 6.66. The van der Waals surface area contributed by atoms with Crippen LogP contribution in [0.5, 0.6) is 0 Å². The summed E-state index contributed by atoms with van der Waals surface area (Å²) in [6.07, 6.45) is 3.63. The third-order valence-electron chi connectivity index (χ3n) is 1.63. The Bertz CT molecular complexity index is 468. The van der Waals surface area contributed by atoms with Crippen molar-refractivity contribution in [3.8, 4) is 10.7 Å². The van der Waals surface area contributed by atoms with Gasteiger partial charge in [-0.1, -0.05) is 0 Å². The molecule has 2 rings (SSSR count). The summed E-state index contributed by atoms with van der Waals surface area (Å²) in [7, 11) is 0. The molecular weight excluding hydrogens is 328 g/mol. The molecule has 0 aliphatic rings. The molecule has 0 saturated heterocycles. The van der Waals surface area contributed by atoms with E-state index in [4.69, 9.17) is 0 Å². The van der Waals surface area contributed by atoms with E-state index in [2.05, 4.69) is 41.8 Å². The minimum atomic E-state index is 0.895. The van der Waals surface area contributed by atoms with Gasteiger partial charge in [-0.05, 0) is 44.8 Å². The van der Waals surface area contributed by atoms with E-state index in [-0.39, 0.29) is 0 Å². The van der Waals surface area contributed by atoms with Gasteiger partial charge in [-0.15, -0.1) is 11.3 Å². The van der Waals surface area contributed by atoms with E-state index in [0.29, 0.717) is 0 Å².